The molecule has 0 aliphatic heterocycles. The number of aromatic nitrogens is 1. The van der Waals surface area contributed by atoms with E-state index in [2.05, 4.69) is 22.5 Å². The van der Waals surface area contributed by atoms with Crippen molar-refractivity contribution in [3.63, 3.8) is 0 Å². The van der Waals surface area contributed by atoms with Gasteiger partial charge in [0.2, 0.25) is 0 Å². The molecule has 1 amide bonds. The summed E-state index contributed by atoms with van der Waals surface area (Å²) in [6.07, 6.45) is 1.59. The monoisotopic (exact) mass is 370 g/mol. The van der Waals surface area contributed by atoms with E-state index in [4.69, 9.17) is 0 Å². The number of carbonyl (C=O) groups excluding carboxylic acids is 1. The zero-order valence-corrected chi connectivity index (χ0v) is 15.7. The first-order chi connectivity index (χ1) is 10.6. The largest absolute Gasteiger partial charge is 0.363 e. The molecule has 1 aromatic heterocycles. The predicted octanol–water partition coefficient (Wildman–Crippen LogP) is 3.35. The highest BCUT2D eigenvalue weighted by molar-refractivity contribution is 6.04. The van der Waals surface area contributed by atoms with Crippen LogP contribution >= 0.6 is 24.8 Å². The summed E-state index contributed by atoms with van der Waals surface area (Å²) in [7, 11) is 3.83. The van der Waals surface area contributed by atoms with Crippen LogP contribution < -0.4 is 15.5 Å². The van der Waals surface area contributed by atoms with Crippen molar-refractivity contribution in [2.75, 3.05) is 30.9 Å². The normalized spacial score (nSPS) is 9.46. The Morgan fingerprint density at radius 1 is 1.12 bits per heavy atom. The number of pyridine rings is 1. The van der Waals surface area contributed by atoms with Crippen molar-refractivity contribution >= 4 is 42.2 Å². The Morgan fingerprint density at radius 3 is 2.42 bits per heavy atom. The fraction of sp³-hybridized carbons (Fsp3) is 0.294. The van der Waals surface area contributed by atoms with Crippen LogP contribution in [0.25, 0.3) is 0 Å². The molecule has 0 aliphatic carbocycles. The van der Waals surface area contributed by atoms with Gasteiger partial charge in [0.25, 0.3) is 5.91 Å². The van der Waals surface area contributed by atoms with Crippen LogP contribution in [-0.4, -0.2) is 31.5 Å². The number of benzene rings is 1. The molecular formula is C17H24Cl2N4O. The zero-order chi connectivity index (χ0) is 15.9. The summed E-state index contributed by atoms with van der Waals surface area (Å²) in [6, 6.07) is 11.4. The number of hydrogen-bond donors (Lipinski definition) is 2. The van der Waals surface area contributed by atoms with E-state index in [0.717, 1.165) is 30.2 Å². The maximum atomic E-state index is 12.3. The van der Waals surface area contributed by atoms with Crippen LogP contribution in [0.5, 0.6) is 0 Å². The highest BCUT2D eigenvalue weighted by Crippen LogP contribution is 2.16. The number of amides is 1. The molecule has 1 heterocycles. The second-order valence-electron chi connectivity index (χ2n) is 5.19. The molecule has 0 fully saturated rings. The summed E-state index contributed by atoms with van der Waals surface area (Å²) in [5.41, 5.74) is 2.43. The topological polar surface area (TPSA) is 57.3 Å². The number of nitrogens with one attached hydrogen (secondary N) is 2. The standard InChI is InChI=1S/C17H22N4O.2ClH/c1-4-18-11-13-7-5-6-8-15(13)20-17(22)14-9-10-16(19-12-14)21(2)3;;/h5-10,12,18H,4,11H2,1-3H3,(H,20,22);2*1H. The van der Waals surface area contributed by atoms with E-state index < -0.39 is 0 Å². The fourth-order valence-corrected chi connectivity index (χ4v) is 2.04. The number of rotatable bonds is 6. The fourth-order valence-electron chi connectivity index (χ4n) is 2.04. The molecule has 0 saturated carbocycles. The van der Waals surface area contributed by atoms with Gasteiger partial charge in [-0.05, 0) is 30.3 Å². The van der Waals surface area contributed by atoms with Gasteiger partial charge in [-0.2, -0.15) is 0 Å². The quantitative estimate of drug-likeness (QED) is 0.818. The lowest BCUT2D eigenvalue weighted by atomic mass is 10.1. The molecule has 0 atom stereocenters. The molecule has 24 heavy (non-hydrogen) atoms. The average Bonchev–Trinajstić information content (AvgIpc) is 2.54. The lowest BCUT2D eigenvalue weighted by Crippen LogP contribution is -2.17. The van der Waals surface area contributed by atoms with Crippen molar-refractivity contribution in [1.29, 1.82) is 0 Å². The van der Waals surface area contributed by atoms with E-state index in [9.17, 15) is 4.79 Å². The Morgan fingerprint density at radius 2 is 1.83 bits per heavy atom. The number of anilines is 2. The number of halogens is 2. The Hall–Kier alpha value is -1.82. The van der Waals surface area contributed by atoms with Crippen LogP contribution in [0.2, 0.25) is 0 Å². The number of para-hydroxylation sites is 1. The minimum Gasteiger partial charge on any atom is -0.363 e. The highest BCUT2D eigenvalue weighted by atomic mass is 35.5. The number of nitrogens with zero attached hydrogens (tertiary/aromatic N) is 2. The van der Waals surface area contributed by atoms with Crippen molar-refractivity contribution in [1.82, 2.24) is 10.3 Å². The number of carbonyl (C=O) groups is 1. The van der Waals surface area contributed by atoms with Crippen molar-refractivity contribution in [2.24, 2.45) is 0 Å². The molecule has 0 unspecified atom stereocenters. The summed E-state index contributed by atoms with van der Waals surface area (Å²) in [4.78, 5) is 18.5. The Labute approximate surface area is 155 Å². The number of hydrogen-bond acceptors (Lipinski definition) is 4. The Bertz CT molecular complexity index is 633. The van der Waals surface area contributed by atoms with Gasteiger partial charge in [-0.3, -0.25) is 4.79 Å². The average molecular weight is 371 g/mol. The van der Waals surface area contributed by atoms with Crippen LogP contribution in [-0.2, 0) is 6.54 Å². The molecule has 0 radical (unpaired) electrons. The molecule has 2 aromatic rings. The van der Waals surface area contributed by atoms with Crippen molar-refractivity contribution in [3.05, 3.63) is 53.7 Å². The molecule has 0 spiro atoms. The third-order valence-electron chi connectivity index (χ3n) is 3.30. The lowest BCUT2D eigenvalue weighted by molar-refractivity contribution is 0.102. The molecule has 132 valence electrons. The summed E-state index contributed by atoms with van der Waals surface area (Å²) < 4.78 is 0. The minimum atomic E-state index is -0.151. The first-order valence-electron chi connectivity index (χ1n) is 7.35. The van der Waals surface area contributed by atoms with Crippen LogP contribution in [0, 0.1) is 0 Å². The van der Waals surface area contributed by atoms with E-state index in [-0.39, 0.29) is 30.7 Å². The minimum absolute atomic E-state index is 0. The summed E-state index contributed by atoms with van der Waals surface area (Å²) in [5.74, 6) is 0.672. The van der Waals surface area contributed by atoms with E-state index in [1.165, 1.54) is 0 Å². The van der Waals surface area contributed by atoms with Gasteiger partial charge in [-0.1, -0.05) is 25.1 Å². The first kappa shape index (κ1) is 22.2. The van der Waals surface area contributed by atoms with Gasteiger partial charge in [0.05, 0.1) is 5.56 Å². The molecule has 5 nitrogen and oxygen atoms in total. The van der Waals surface area contributed by atoms with Crippen LogP contribution in [0.15, 0.2) is 42.6 Å². The SMILES string of the molecule is CCNCc1ccccc1NC(=O)c1ccc(N(C)C)nc1.Cl.Cl. The van der Waals surface area contributed by atoms with Crippen LogP contribution in [0.4, 0.5) is 11.5 Å². The third kappa shape index (κ3) is 6.00. The van der Waals surface area contributed by atoms with Crippen LogP contribution in [0.1, 0.15) is 22.8 Å². The van der Waals surface area contributed by atoms with E-state index in [1.54, 1.807) is 12.3 Å². The Balaban J connectivity index is 0.00000264. The second-order valence-corrected chi connectivity index (χ2v) is 5.19. The molecular weight excluding hydrogens is 347 g/mol. The molecule has 7 heteroatoms. The lowest BCUT2D eigenvalue weighted by Gasteiger charge is -2.13. The van der Waals surface area contributed by atoms with Gasteiger partial charge in [0.15, 0.2) is 0 Å². The van der Waals surface area contributed by atoms with E-state index in [0.29, 0.717) is 5.56 Å². The van der Waals surface area contributed by atoms with Gasteiger partial charge in [0.1, 0.15) is 5.82 Å². The van der Waals surface area contributed by atoms with Crippen molar-refractivity contribution < 1.29 is 4.79 Å². The second kappa shape index (κ2) is 10.9. The van der Waals surface area contributed by atoms with Crippen molar-refractivity contribution in [3.8, 4) is 0 Å². The highest BCUT2D eigenvalue weighted by Gasteiger charge is 2.09. The molecule has 2 N–H and O–H groups in total. The maximum absolute atomic E-state index is 12.3. The van der Waals surface area contributed by atoms with E-state index >= 15 is 0 Å². The molecule has 0 aliphatic rings. The molecule has 2 rings (SSSR count). The summed E-state index contributed by atoms with van der Waals surface area (Å²) in [5, 5.41) is 6.22. The van der Waals surface area contributed by atoms with Gasteiger partial charge in [-0.25, -0.2) is 4.98 Å². The predicted molar refractivity (Wildman–Crippen MR) is 105 cm³/mol. The smallest absolute Gasteiger partial charge is 0.257 e. The maximum Gasteiger partial charge on any atom is 0.257 e. The molecule has 0 bridgehead atoms. The van der Waals surface area contributed by atoms with Crippen LogP contribution in [0.3, 0.4) is 0 Å². The zero-order valence-electron chi connectivity index (χ0n) is 14.1. The van der Waals surface area contributed by atoms with Crippen molar-refractivity contribution in [2.45, 2.75) is 13.5 Å². The van der Waals surface area contributed by atoms with Gasteiger partial charge >= 0.3 is 0 Å². The first-order valence-corrected chi connectivity index (χ1v) is 7.35. The third-order valence-corrected chi connectivity index (χ3v) is 3.30. The molecule has 1 aromatic carbocycles. The summed E-state index contributed by atoms with van der Waals surface area (Å²) in [6.45, 7) is 3.67. The van der Waals surface area contributed by atoms with E-state index in [1.807, 2.05) is 49.3 Å². The summed E-state index contributed by atoms with van der Waals surface area (Å²) >= 11 is 0. The van der Waals surface area contributed by atoms with Gasteiger partial charge < -0.3 is 15.5 Å². The van der Waals surface area contributed by atoms with Gasteiger partial charge in [-0.15, -0.1) is 24.8 Å². The Kier molecular flexibility index (Phi) is 10.0. The van der Waals surface area contributed by atoms with Gasteiger partial charge in [0, 0.05) is 32.5 Å². The molecule has 0 saturated heterocycles.